The first kappa shape index (κ1) is 16.3. The summed E-state index contributed by atoms with van der Waals surface area (Å²) in [6.45, 7) is 3.71. The highest BCUT2D eigenvalue weighted by Gasteiger charge is 2.43. The lowest BCUT2D eigenvalue weighted by molar-refractivity contribution is -0.137. The molecule has 4 rings (SSSR count). The number of piperidine rings is 1. The minimum Gasteiger partial charge on any atom is -0.341 e. The van der Waals surface area contributed by atoms with Crippen LogP contribution in [-0.2, 0) is 17.8 Å². The van der Waals surface area contributed by atoms with Gasteiger partial charge in [-0.2, -0.15) is 0 Å². The van der Waals surface area contributed by atoms with Crippen LogP contribution < -0.4 is 0 Å². The molecule has 3 nitrogen and oxygen atoms in total. The van der Waals surface area contributed by atoms with Gasteiger partial charge in [0.05, 0.1) is 6.42 Å². The van der Waals surface area contributed by atoms with Crippen LogP contribution in [0.25, 0.3) is 0 Å². The Kier molecular flexibility index (Phi) is 4.53. The van der Waals surface area contributed by atoms with Crippen LogP contribution >= 0.6 is 0 Å². The van der Waals surface area contributed by atoms with E-state index in [2.05, 4.69) is 29.2 Å². The summed E-state index contributed by atoms with van der Waals surface area (Å²) in [5.74, 6) is 0.537. The lowest BCUT2D eigenvalue weighted by Gasteiger charge is -2.53. The van der Waals surface area contributed by atoms with Crippen molar-refractivity contribution in [2.45, 2.75) is 25.4 Å². The number of hydrogen-bond acceptors (Lipinski definition) is 2. The molecule has 2 aliphatic heterocycles. The molecule has 1 amide bonds. The lowest BCUT2D eigenvalue weighted by atomic mass is 9.82. The standard InChI is InChI=1S/C21H23FN2O/c22-19-8-4-7-17(11-19)12-21(25)23-10-9-18-14-24(20(18)15-23)13-16-5-2-1-3-6-16/h1-8,11,18,20H,9-10,12-15H2/t18-,20-/m1/s1. The fourth-order valence-electron chi connectivity index (χ4n) is 4.07. The van der Waals surface area contributed by atoms with Crippen LogP contribution in [0.4, 0.5) is 4.39 Å². The van der Waals surface area contributed by atoms with Crippen LogP contribution in [-0.4, -0.2) is 41.4 Å². The van der Waals surface area contributed by atoms with E-state index in [1.165, 1.54) is 17.7 Å². The third kappa shape index (κ3) is 3.59. The summed E-state index contributed by atoms with van der Waals surface area (Å²) in [6.07, 6.45) is 1.36. The van der Waals surface area contributed by atoms with Crippen LogP contribution in [0.15, 0.2) is 54.6 Å². The van der Waals surface area contributed by atoms with Gasteiger partial charge in [-0.05, 0) is 35.6 Å². The summed E-state index contributed by atoms with van der Waals surface area (Å²) < 4.78 is 13.3. The molecule has 2 aromatic carbocycles. The fourth-order valence-corrected chi connectivity index (χ4v) is 4.07. The van der Waals surface area contributed by atoms with E-state index in [4.69, 9.17) is 0 Å². The Bertz CT molecular complexity index is 749. The molecule has 0 N–H and O–H groups in total. The molecule has 130 valence electrons. The van der Waals surface area contributed by atoms with Gasteiger partial charge in [-0.1, -0.05) is 42.5 Å². The number of fused-ring (bicyclic) bond motifs is 1. The van der Waals surface area contributed by atoms with E-state index in [1.54, 1.807) is 6.07 Å². The van der Waals surface area contributed by atoms with Crippen LogP contribution in [0.2, 0.25) is 0 Å². The molecule has 0 aromatic heterocycles. The van der Waals surface area contributed by atoms with Crippen molar-refractivity contribution in [2.75, 3.05) is 19.6 Å². The second kappa shape index (κ2) is 6.96. The zero-order valence-corrected chi connectivity index (χ0v) is 14.3. The van der Waals surface area contributed by atoms with E-state index >= 15 is 0 Å². The molecule has 0 radical (unpaired) electrons. The van der Waals surface area contributed by atoms with Gasteiger partial charge in [0.1, 0.15) is 5.82 Å². The molecule has 0 unspecified atom stereocenters. The van der Waals surface area contributed by atoms with Crippen molar-refractivity contribution in [3.8, 4) is 0 Å². The van der Waals surface area contributed by atoms with Gasteiger partial charge in [-0.3, -0.25) is 9.69 Å². The summed E-state index contributed by atoms with van der Waals surface area (Å²) >= 11 is 0. The van der Waals surface area contributed by atoms with E-state index in [9.17, 15) is 9.18 Å². The van der Waals surface area contributed by atoms with Crippen molar-refractivity contribution >= 4 is 5.91 Å². The first-order chi connectivity index (χ1) is 12.2. The summed E-state index contributed by atoms with van der Waals surface area (Å²) in [5.41, 5.74) is 2.08. The summed E-state index contributed by atoms with van der Waals surface area (Å²) in [4.78, 5) is 17.0. The number of amides is 1. The zero-order chi connectivity index (χ0) is 17.2. The van der Waals surface area contributed by atoms with Gasteiger partial charge in [-0.25, -0.2) is 4.39 Å². The minimum absolute atomic E-state index is 0.107. The summed E-state index contributed by atoms with van der Waals surface area (Å²) in [6, 6.07) is 17.3. The third-order valence-electron chi connectivity index (χ3n) is 5.49. The minimum atomic E-state index is -0.281. The number of benzene rings is 2. The molecule has 2 aromatic rings. The second-order valence-corrected chi connectivity index (χ2v) is 7.18. The summed E-state index contributed by atoms with van der Waals surface area (Å²) in [7, 11) is 0. The molecular formula is C21H23FN2O. The number of hydrogen-bond donors (Lipinski definition) is 0. The number of nitrogens with zero attached hydrogens (tertiary/aromatic N) is 2. The van der Waals surface area contributed by atoms with Gasteiger partial charge >= 0.3 is 0 Å². The summed E-state index contributed by atoms with van der Waals surface area (Å²) in [5, 5.41) is 0. The van der Waals surface area contributed by atoms with Gasteiger partial charge in [0.25, 0.3) is 0 Å². The number of halogens is 1. The lowest BCUT2D eigenvalue weighted by Crippen LogP contribution is -2.64. The molecule has 2 saturated heterocycles. The van der Waals surface area contributed by atoms with Crippen LogP contribution in [0, 0.1) is 11.7 Å². The molecular weight excluding hydrogens is 315 g/mol. The maximum absolute atomic E-state index is 13.3. The predicted molar refractivity (Wildman–Crippen MR) is 95.4 cm³/mol. The normalized spacial score (nSPS) is 23.0. The zero-order valence-electron chi connectivity index (χ0n) is 14.3. The van der Waals surface area contributed by atoms with E-state index in [0.717, 1.165) is 38.2 Å². The first-order valence-electron chi connectivity index (χ1n) is 8.99. The quantitative estimate of drug-likeness (QED) is 0.855. The smallest absolute Gasteiger partial charge is 0.227 e. The van der Waals surface area contributed by atoms with Crippen LogP contribution in [0.3, 0.4) is 0 Å². The van der Waals surface area contributed by atoms with Gasteiger partial charge in [-0.15, -0.1) is 0 Å². The molecule has 4 heteroatoms. The monoisotopic (exact) mass is 338 g/mol. The highest BCUT2D eigenvalue weighted by Crippen LogP contribution is 2.33. The van der Waals surface area contributed by atoms with E-state index < -0.39 is 0 Å². The Hall–Kier alpha value is -2.20. The highest BCUT2D eigenvalue weighted by molar-refractivity contribution is 5.79. The van der Waals surface area contributed by atoms with Crippen molar-refractivity contribution in [1.29, 1.82) is 0 Å². The Balaban J connectivity index is 1.36. The predicted octanol–water partition coefficient (Wildman–Crippen LogP) is 3.10. The van der Waals surface area contributed by atoms with E-state index in [-0.39, 0.29) is 18.1 Å². The maximum atomic E-state index is 13.3. The Morgan fingerprint density at radius 2 is 1.84 bits per heavy atom. The Morgan fingerprint density at radius 1 is 1.04 bits per heavy atom. The van der Waals surface area contributed by atoms with Crippen LogP contribution in [0.1, 0.15) is 17.5 Å². The van der Waals surface area contributed by atoms with E-state index in [0.29, 0.717) is 12.0 Å². The van der Waals surface area contributed by atoms with Crippen molar-refractivity contribution in [3.05, 3.63) is 71.5 Å². The SMILES string of the molecule is O=C(Cc1cccc(F)c1)N1CC[C@@H]2CN(Cc3ccccc3)[C@@H]2C1. The molecule has 25 heavy (non-hydrogen) atoms. The highest BCUT2D eigenvalue weighted by atomic mass is 19.1. The number of carbonyl (C=O) groups excluding carboxylic acids is 1. The van der Waals surface area contributed by atoms with Crippen LogP contribution in [0.5, 0.6) is 0 Å². The Morgan fingerprint density at radius 3 is 2.64 bits per heavy atom. The van der Waals surface area contributed by atoms with Crippen molar-refractivity contribution in [2.24, 2.45) is 5.92 Å². The molecule has 0 bridgehead atoms. The third-order valence-corrected chi connectivity index (χ3v) is 5.49. The largest absolute Gasteiger partial charge is 0.341 e. The molecule has 2 aliphatic rings. The van der Waals surface area contributed by atoms with Gasteiger partial charge < -0.3 is 4.90 Å². The molecule has 0 saturated carbocycles. The van der Waals surface area contributed by atoms with Gasteiger partial charge in [0.2, 0.25) is 5.91 Å². The topological polar surface area (TPSA) is 23.6 Å². The van der Waals surface area contributed by atoms with Crippen molar-refractivity contribution in [1.82, 2.24) is 9.80 Å². The average Bonchev–Trinajstić information content (AvgIpc) is 2.60. The molecule has 0 spiro atoms. The number of carbonyl (C=O) groups is 1. The van der Waals surface area contributed by atoms with Gasteiger partial charge in [0.15, 0.2) is 0 Å². The number of rotatable bonds is 4. The first-order valence-corrected chi connectivity index (χ1v) is 8.99. The number of likely N-dealkylation sites (tertiary alicyclic amines) is 2. The maximum Gasteiger partial charge on any atom is 0.227 e. The van der Waals surface area contributed by atoms with E-state index in [1.807, 2.05) is 17.0 Å². The van der Waals surface area contributed by atoms with Crippen molar-refractivity contribution in [3.63, 3.8) is 0 Å². The average molecular weight is 338 g/mol. The molecule has 2 atom stereocenters. The molecule has 2 heterocycles. The second-order valence-electron chi connectivity index (χ2n) is 7.18. The Labute approximate surface area is 148 Å². The molecule has 0 aliphatic carbocycles. The fraction of sp³-hybridized carbons (Fsp3) is 0.381. The van der Waals surface area contributed by atoms with Gasteiger partial charge in [0, 0.05) is 32.2 Å². The van der Waals surface area contributed by atoms with Crippen molar-refractivity contribution < 1.29 is 9.18 Å². The molecule has 2 fully saturated rings.